The smallest absolute Gasteiger partial charge is 0.324 e. The summed E-state index contributed by atoms with van der Waals surface area (Å²) in [5, 5.41) is 3.54. The highest BCUT2D eigenvalue weighted by atomic mass is 32.2. The molecule has 2 N–H and O–H groups in total. The monoisotopic (exact) mass is 591 g/mol. The van der Waals surface area contributed by atoms with Crippen LogP contribution in [0.2, 0.25) is 0 Å². The summed E-state index contributed by atoms with van der Waals surface area (Å²) in [5.74, 6) is -1.37. The third-order valence-electron chi connectivity index (χ3n) is 7.02. The molecule has 0 spiro atoms. The number of nitrogens with one attached hydrogen (secondary N) is 2. The van der Waals surface area contributed by atoms with Gasteiger partial charge in [-0.15, -0.1) is 0 Å². The number of esters is 1. The number of anilines is 2. The zero-order valence-corrected chi connectivity index (χ0v) is 25.0. The third kappa shape index (κ3) is 6.22. The van der Waals surface area contributed by atoms with E-state index < -0.39 is 27.9 Å². The predicted molar refractivity (Wildman–Crippen MR) is 161 cm³/mol. The normalized spacial score (nSPS) is 12.3. The van der Waals surface area contributed by atoms with Gasteiger partial charge in [0.1, 0.15) is 11.6 Å². The fourth-order valence-electron chi connectivity index (χ4n) is 4.53. The summed E-state index contributed by atoms with van der Waals surface area (Å²) in [6, 6.07) is 17.6. The molecule has 11 heteroatoms. The number of furan rings is 1. The van der Waals surface area contributed by atoms with Gasteiger partial charge in [0.2, 0.25) is 15.9 Å². The van der Waals surface area contributed by atoms with Crippen molar-refractivity contribution in [1.29, 1.82) is 0 Å². The van der Waals surface area contributed by atoms with E-state index in [0.29, 0.717) is 27.9 Å². The Morgan fingerprint density at radius 3 is 2.07 bits per heavy atom. The lowest BCUT2D eigenvalue weighted by Gasteiger charge is -2.19. The lowest BCUT2D eigenvalue weighted by Crippen LogP contribution is -2.44. The number of carbonyl (C=O) groups is 3. The van der Waals surface area contributed by atoms with Gasteiger partial charge in [0.05, 0.1) is 17.7 Å². The second-order valence-electron chi connectivity index (χ2n) is 10.2. The van der Waals surface area contributed by atoms with Gasteiger partial charge in [-0.1, -0.05) is 44.2 Å². The Hall–Kier alpha value is -4.48. The van der Waals surface area contributed by atoms with E-state index in [0.717, 1.165) is 11.1 Å². The summed E-state index contributed by atoms with van der Waals surface area (Å²) in [7, 11) is -1.08. The van der Waals surface area contributed by atoms with Crippen molar-refractivity contribution in [2.24, 2.45) is 5.92 Å². The van der Waals surface area contributed by atoms with Crippen molar-refractivity contribution >= 4 is 50.2 Å². The van der Waals surface area contributed by atoms with Crippen molar-refractivity contribution in [3.63, 3.8) is 0 Å². The molecule has 1 unspecified atom stereocenters. The van der Waals surface area contributed by atoms with E-state index in [1.54, 1.807) is 82.4 Å². The van der Waals surface area contributed by atoms with E-state index in [4.69, 9.17) is 9.15 Å². The standard InChI is InChI=1S/C31H33N3O7S/c1-18(2)28(31(37)40-6)33-42(38,39)24-16-12-22(13-17-24)21-10-14-23(15-11-21)32-30(36)29-19(3)27-25(34(5)20(4)35)8-7-9-26(27)41-29/h7-18,28,33H,1-6H3,(H,32,36). The first-order valence-corrected chi connectivity index (χ1v) is 14.7. The Labute approximate surface area is 244 Å². The SMILES string of the molecule is COC(=O)C(NS(=O)(=O)c1ccc(-c2ccc(NC(=O)c3oc4cccc(N(C)C(C)=O)c4c3C)cc2)cc1)C(C)C. The zero-order chi connectivity index (χ0) is 30.8. The summed E-state index contributed by atoms with van der Waals surface area (Å²) < 4.78 is 38.7. The van der Waals surface area contributed by atoms with Crippen LogP contribution in [0.4, 0.5) is 11.4 Å². The average Bonchev–Trinajstić information content (AvgIpc) is 3.32. The quantitative estimate of drug-likeness (QED) is 0.258. The first-order valence-electron chi connectivity index (χ1n) is 13.2. The first kappa shape index (κ1) is 30.5. The summed E-state index contributed by atoms with van der Waals surface area (Å²) in [4.78, 5) is 38.6. The molecular weight excluding hydrogens is 558 g/mol. The van der Waals surface area contributed by atoms with Crippen molar-refractivity contribution in [2.45, 2.75) is 38.6 Å². The molecule has 1 heterocycles. The van der Waals surface area contributed by atoms with Crippen LogP contribution in [0.25, 0.3) is 22.1 Å². The molecule has 0 fully saturated rings. The summed E-state index contributed by atoms with van der Waals surface area (Å²) in [6.45, 7) is 6.69. The van der Waals surface area contributed by atoms with Gasteiger partial charge in [0.15, 0.2) is 5.76 Å². The van der Waals surface area contributed by atoms with Crippen LogP contribution in [0, 0.1) is 12.8 Å². The molecule has 0 bridgehead atoms. The largest absolute Gasteiger partial charge is 0.468 e. The van der Waals surface area contributed by atoms with Gasteiger partial charge in [0.25, 0.3) is 5.91 Å². The third-order valence-corrected chi connectivity index (χ3v) is 8.47. The number of ether oxygens (including phenoxy) is 1. The molecule has 0 aliphatic rings. The molecule has 0 aliphatic carbocycles. The summed E-state index contributed by atoms with van der Waals surface area (Å²) >= 11 is 0. The maximum atomic E-state index is 13.1. The number of hydrogen-bond acceptors (Lipinski definition) is 7. The molecule has 4 rings (SSSR count). The average molecular weight is 592 g/mol. The van der Waals surface area contributed by atoms with Gasteiger partial charge in [-0.2, -0.15) is 4.72 Å². The predicted octanol–water partition coefficient (Wildman–Crippen LogP) is 5.12. The minimum Gasteiger partial charge on any atom is -0.468 e. The number of rotatable bonds is 9. The Morgan fingerprint density at radius 2 is 1.52 bits per heavy atom. The molecule has 10 nitrogen and oxygen atoms in total. The highest BCUT2D eigenvalue weighted by Crippen LogP contribution is 2.34. The Balaban J connectivity index is 1.50. The maximum Gasteiger partial charge on any atom is 0.324 e. The van der Waals surface area contributed by atoms with Gasteiger partial charge in [0, 0.05) is 30.6 Å². The minimum absolute atomic E-state index is 0.0172. The topological polar surface area (TPSA) is 135 Å². The van der Waals surface area contributed by atoms with E-state index in [2.05, 4.69) is 10.0 Å². The molecule has 0 aliphatic heterocycles. The molecule has 1 atom stereocenters. The molecule has 0 radical (unpaired) electrons. The molecule has 0 saturated carbocycles. The van der Waals surface area contributed by atoms with Gasteiger partial charge in [-0.3, -0.25) is 14.4 Å². The zero-order valence-electron chi connectivity index (χ0n) is 24.2. The number of methoxy groups -OCH3 is 1. The van der Waals surface area contributed by atoms with Crippen LogP contribution in [0.5, 0.6) is 0 Å². The molecule has 4 aromatic rings. The molecule has 0 saturated heterocycles. The second-order valence-corrected chi connectivity index (χ2v) is 11.9. The van der Waals surface area contributed by atoms with Crippen LogP contribution < -0.4 is 14.9 Å². The van der Waals surface area contributed by atoms with Crippen LogP contribution in [0.15, 0.2) is 76.0 Å². The molecule has 1 aromatic heterocycles. The number of carbonyl (C=O) groups excluding carboxylic acids is 3. The van der Waals surface area contributed by atoms with E-state index in [9.17, 15) is 22.8 Å². The molecule has 3 aromatic carbocycles. The van der Waals surface area contributed by atoms with Crippen LogP contribution >= 0.6 is 0 Å². The number of benzene rings is 3. The van der Waals surface area contributed by atoms with Crippen molar-refractivity contribution in [1.82, 2.24) is 4.72 Å². The highest BCUT2D eigenvalue weighted by Gasteiger charge is 2.29. The van der Waals surface area contributed by atoms with Crippen LogP contribution in [-0.4, -0.2) is 46.4 Å². The molecule has 2 amide bonds. The lowest BCUT2D eigenvalue weighted by molar-refractivity contribution is -0.143. The second kappa shape index (κ2) is 12.2. The van der Waals surface area contributed by atoms with Crippen molar-refractivity contribution in [3.8, 4) is 11.1 Å². The number of nitrogens with zero attached hydrogens (tertiary/aromatic N) is 1. The van der Waals surface area contributed by atoms with Gasteiger partial charge in [-0.05, 0) is 60.4 Å². The lowest BCUT2D eigenvalue weighted by atomic mass is 10.1. The minimum atomic E-state index is -3.96. The number of fused-ring (bicyclic) bond motifs is 1. The summed E-state index contributed by atoms with van der Waals surface area (Å²) in [6.07, 6.45) is 0. The van der Waals surface area contributed by atoms with Crippen LogP contribution in [0.1, 0.15) is 36.9 Å². The van der Waals surface area contributed by atoms with E-state index >= 15 is 0 Å². The summed E-state index contributed by atoms with van der Waals surface area (Å²) in [5.41, 5.74) is 3.88. The fraction of sp³-hybridized carbons (Fsp3) is 0.258. The molecule has 220 valence electrons. The van der Waals surface area contributed by atoms with Gasteiger partial charge < -0.3 is 19.4 Å². The fourth-order valence-corrected chi connectivity index (χ4v) is 5.86. The van der Waals surface area contributed by atoms with Gasteiger partial charge >= 0.3 is 5.97 Å². The van der Waals surface area contributed by atoms with Crippen molar-refractivity contribution in [2.75, 3.05) is 24.4 Å². The maximum absolute atomic E-state index is 13.1. The number of aryl methyl sites for hydroxylation is 1. The first-order chi connectivity index (χ1) is 19.8. The van der Waals surface area contributed by atoms with Crippen LogP contribution in [-0.2, 0) is 24.3 Å². The molecular formula is C31H33N3O7S. The Bertz CT molecular complexity index is 1740. The number of sulfonamides is 1. The van der Waals surface area contributed by atoms with Crippen molar-refractivity contribution in [3.05, 3.63) is 78.1 Å². The highest BCUT2D eigenvalue weighted by molar-refractivity contribution is 7.89. The van der Waals surface area contributed by atoms with Crippen LogP contribution in [0.3, 0.4) is 0 Å². The van der Waals surface area contributed by atoms with E-state index in [1.807, 2.05) is 0 Å². The number of amides is 2. The molecule has 42 heavy (non-hydrogen) atoms. The van der Waals surface area contributed by atoms with Crippen molar-refractivity contribution < 1.29 is 32.0 Å². The number of hydrogen-bond donors (Lipinski definition) is 2. The van der Waals surface area contributed by atoms with Gasteiger partial charge in [-0.25, -0.2) is 8.42 Å². The van der Waals surface area contributed by atoms with E-state index in [-0.39, 0.29) is 22.5 Å². The Morgan fingerprint density at radius 1 is 0.929 bits per heavy atom. The Kier molecular flexibility index (Phi) is 8.83. The van der Waals surface area contributed by atoms with E-state index in [1.165, 1.54) is 31.1 Å².